The van der Waals surface area contributed by atoms with Crippen LogP contribution in [0.2, 0.25) is 0 Å². The van der Waals surface area contributed by atoms with Crippen molar-refractivity contribution in [1.29, 1.82) is 0 Å². The lowest BCUT2D eigenvalue weighted by molar-refractivity contribution is -0.128. The van der Waals surface area contributed by atoms with E-state index in [-0.39, 0.29) is 24.0 Å². The summed E-state index contributed by atoms with van der Waals surface area (Å²) in [6.07, 6.45) is 7.41. The second-order valence-corrected chi connectivity index (χ2v) is 6.74. The minimum atomic E-state index is -0.0499. The highest BCUT2D eigenvalue weighted by Gasteiger charge is 2.41. The molecule has 1 amide bonds. The van der Waals surface area contributed by atoms with Crippen molar-refractivity contribution >= 4 is 11.7 Å². The number of carbonyl (C=O) groups is 1. The maximum atomic E-state index is 12.5. The molecule has 2 aromatic rings. The van der Waals surface area contributed by atoms with E-state index >= 15 is 0 Å². The number of likely N-dealkylation sites (tertiary alicyclic amines) is 1. The molecule has 26 heavy (non-hydrogen) atoms. The molecule has 0 unspecified atom stereocenters. The van der Waals surface area contributed by atoms with Crippen molar-refractivity contribution in [3.05, 3.63) is 30.6 Å². The summed E-state index contributed by atoms with van der Waals surface area (Å²) < 4.78 is 7.69. The summed E-state index contributed by atoms with van der Waals surface area (Å²) in [5, 5.41) is 3.32. The molecule has 0 aliphatic carbocycles. The first-order valence-electron chi connectivity index (χ1n) is 8.99. The van der Waals surface area contributed by atoms with Crippen molar-refractivity contribution < 1.29 is 9.53 Å². The molecule has 0 aromatic carbocycles. The van der Waals surface area contributed by atoms with Gasteiger partial charge in [-0.05, 0) is 20.8 Å². The lowest BCUT2D eigenvalue weighted by atomic mass is 9.99. The lowest BCUT2D eigenvalue weighted by Gasteiger charge is -2.27. The summed E-state index contributed by atoms with van der Waals surface area (Å²) in [4.78, 5) is 27.4. The van der Waals surface area contributed by atoms with E-state index in [1.807, 2.05) is 43.5 Å². The number of anilines is 1. The number of nitrogens with one attached hydrogen (secondary N) is 1. The Morgan fingerprint density at radius 3 is 2.69 bits per heavy atom. The molecule has 2 atom stereocenters. The van der Waals surface area contributed by atoms with Gasteiger partial charge in [0.15, 0.2) is 5.82 Å². The number of hydrogen-bond acceptors (Lipinski definition) is 6. The number of nitrogens with zero attached hydrogens (tertiary/aromatic N) is 5. The number of aryl methyl sites for hydroxylation is 1. The molecule has 3 heterocycles. The Hall–Kier alpha value is -2.64. The predicted octanol–water partition coefficient (Wildman–Crippen LogP) is 2.02. The number of carbonyl (C=O) groups excluding carboxylic acids is 1. The molecule has 140 valence electrons. The van der Waals surface area contributed by atoms with Crippen molar-refractivity contribution in [3.63, 3.8) is 0 Å². The van der Waals surface area contributed by atoms with Crippen LogP contribution in [-0.2, 0) is 11.8 Å². The fourth-order valence-corrected chi connectivity index (χ4v) is 3.42. The van der Waals surface area contributed by atoms with Gasteiger partial charge in [0.05, 0.1) is 12.1 Å². The van der Waals surface area contributed by atoms with Crippen LogP contribution in [0.3, 0.4) is 0 Å². The zero-order valence-corrected chi connectivity index (χ0v) is 15.7. The van der Waals surface area contributed by atoms with Crippen molar-refractivity contribution in [2.24, 2.45) is 13.0 Å². The van der Waals surface area contributed by atoms with Crippen molar-refractivity contribution in [2.75, 3.05) is 18.4 Å². The second kappa shape index (κ2) is 7.72. The topological polar surface area (TPSA) is 85.2 Å². The summed E-state index contributed by atoms with van der Waals surface area (Å²) in [6, 6.07) is -0.0499. The SMILES string of the molecule is CCN1C(=O)C[C@@H](CNc2nccnc2OC(C)C)[C@@H]1c1nccn1C. The third kappa shape index (κ3) is 3.63. The smallest absolute Gasteiger partial charge is 0.257 e. The van der Waals surface area contributed by atoms with Gasteiger partial charge in [-0.1, -0.05) is 0 Å². The zero-order chi connectivity index (χ0) is 18.7. The Labute approximate surface area is 153 Å². The molecule has 0 bridgehead atoms. The minimum absolute atomic E-state index is 0.0104. The van der Waals surface area contributed by atoms with E-state index in [1.54, 1.807) is 18.6 Å². The van der Waals surface area contributed by atoms with E-state index in [0.717, 1.165) is 5.82 Å². The minimum Gasteiger partial charge on any atom is -0.472 e. The van der Waals surface area contributed by atoms with Crippen LogP contribution in [0.1, 0.15) is 39.1 Å². The van der Waals surface area contributed by atoms with E-state index < -0.39 is 0 Å². The lowest BCUT2D eigenvalue weighted by Crippen LogP contribution is -2.32. The van der Waals surface area contributed by atoms with Gasteiger partial charge >= 0.3 is 0 Å². The maximum absolute atomic E-state index is 12.5. The molecular formula is C18H26N6O2. The van der Waals surface area contributed by atoms with E-state index in [0.29, 0.717) is 31.2 Å². The van der Waals surface area contributed by atoms with Gasteiger partial charge in [-0.15, -0.1) is 0 Å². The third-order valence-electron chi connectivity index (χ3n) is 4.55. The van der Waals surface area contributed by atoms with Crippen LogP contribution in [0.4, 0.5) is 5.82 Å². The highest BCUT2D eigenvalue weighted by atomic mass is 16.5. The number of amides is 1. The van der Waals surface area contributed by atoms with Crippen LogP contribution in [-0.4, -0.2) is 49.5 Å². The fraction of sp³-hybridized carbons (Fsp3) is 0.556. The van der Waals surface area contributed by atoms with E-state index in [1.165, 1.54) is 0 Å². The number of imidazole rings is 1. The van der Waals surface area contributed by atoms with E-state index in [9.17, 15) is 4.79 Å². The van der Waals surface area contributed by atoms with Crippen LogP contribution >= 0.6 is 0 Å². The molecular weight excluding hydrogens is 332 g/mol. The quantitative estimate of drug-likeness (QED) is 0.815. The van der Waals surface area contributed by atoms with Crippen LogP contribution in [0.15, 0.2) is 24.8 Å². The van der Waals surface area contributed by atoms with Crippen molar-refractivity contribution in [1.82, 2.24) is 24.4 Å². The van der Waals surface area contributed by atoms with Gasteiger partial charge in [-0.3, -0.25) is 4.79 Å². The first kappa shape index (κ1) is 18.2. The Balaban J connectivity index is 1.78. The van der Waals surface area contributed by atoms with Crippen molar-refractivity contribution in [2.45, 2.75) is 39.3 Å². The normalized spacial score (nSPS) is 20.0. The third-order valence-corrected chi connectivity index (χ3v) is 4.55. The zero-order valence-electron chi connectivity index (χ0n) is 15.7. The fourth-order valence-electron chi connectivity index (χ4n) is 3.42. The average Bonchev–Trinajstić information content (AvgIpc) is 3.15. The first-order valence-corrected chi connectivity index (χ1v) is 8.99. The molecule has 1 N–H and O–H groups in total. The number of rotatable bonds is 7. The standard InChI is InChI=1S/C18H26N6O2/c1-5-24-14(25)10-13(15(24)17-20-8-9-23(17)4)11-22-16-18(26-12(2)3)21-7-6-19-16/h6-9,12-13,15H,5,10-11H2,1-4H3,(H,19,22)/t13-,15+/m0/s1. The monoisotopic (exact) mass is 358 g/mol. The summed E-state index contributed by atoms with van der Waals surface area (Å²) >= 11 is 0. The summed E-state index contributed by atoms with van der Waals surface area (Å²) in [5.41, 5.74) is 0. The van der Waals surface area contributed by atoms with E-state index in [2.05, 4.69) is 20.3 Å². The highest BCUT2D eigenvalue weighted by molar-refractivity contribution is 5.79. The Bertz CT molecular complexity index is 760. The molecule has 0 spiro atoms. The predicted molar refractivity (Wildman–Crippen MR) is 97.7 cm³/mol. The molecule has 8 heteroatoms. The van der Waals surface area contributed by atoms with Gasteiger partial charge in [0.1, 0.15) is 5.82 Å². The van der Waals surface area contributed by atoms with Gasteiger partial charge in [-0.25, -0.2) is 15.0 Å². The van der Waals surface area contributed by atoms with Gasteiger partial charge in [-0.2, -0.15) is 0 Å². The van der Waals surface area contributed by atoms with Gasteiger partial charge in [0.25, 0.3) is 5.88 Å². The van der Waals surface area contributed by atoms with Crippen LogP contribution in [0.5, 0.6) is 5.88 Å². The Morgan fingerprint density at radius 1 is 1.27 bits per heavy atom. The number of aromatic nitrogens is 4. The molecule has 3 rings (SSSR count). The molecule has 0 radical (unpaired) electrons. The Morgan fingerprint density at radius 2 is 2.04 bits per heavy atom. The average molecular weight is 358 g/mol. The summed E-state index contributed by atoms with van der Waals surface area (Å²) in [7, 11) is 1.96. The van der Waals surface area contributed by atoms with Gasteiger partial charge < -0.3 is 19.5 Å². The summed E-state index contributed by atoms with van der Waals surface area (Å²) in [6.45, 7) is 7.15. The second-order valence-electron chi connectivity index (χ2n) is 6.74. The van der Waals surface area contributed by atoms with E-state index in [4.69, 9.17) is 4.74 Å². The molecule has 1 saturated heterocycles. The largest absolute Gasteiger partial charge is 0.472 e. The highest BCUT2D eigenvalue weighted by Crippen LogP contribution is 2.37. The Kier molecular flexibility index (Phi) is 5.39. The molecule has 1 aliphatic heterocycles. The molecule has 2 aromatic heterocycles. The van der Waals surface area contributed by atoms with Gasteiger partial charge in [0, 0.05) is 57.3 Å². The molecule has 0 saturated carbocycles. The van der Waals surface area contributed by atoms with Gasteiger partial charge in [0.2, 0.25) is 5.91 Å². The van der Waals surface area contributed by atoms with Crippen molar-refractivity contribution in [3.8, 4) is 5.88 Å². The maximum Gasteiger partial charge on any atom is 0.257 e. The van der Waals surface area contributed by atoms with Crippen LogP contribution in [0.25, 0.3) is 0 Å². The number of ether oxygens (including phenoxy) is 1. The molecule has 8 nitrogen and oxygen atoms in total. The summed E-state index contributed by atoms with van der Waals surface area (Å²) in [5.74, 6) is 2.24. The molecule has 1 fully saturated rings. The number of hydrogen-bond donors (Lipinski definition) is 1. The first-order chi connectivity index (χ1) is 12.5. The molecule has 1 aliphatic rings. The van der Waals surface area contributed by atoms with Crippen LogP contribution in [0, 0.1) is 5.92 Å². The van der Waals surface area contributed by atoms with Crippen LogP contribution < -0.4 is 10.1 Å².